The Kier molecular flexibility index (Phi) is 7.76. The van der Waals surface area contributed by atoms with Gasteiger partial charge in [-0.3, -0.25) is 4.79 Å². The second kappa shape index (κ2) is 9.64. The predicted octanol–water partition coefficient (Wildman–Crippen LogP) is 5.29. The molecular weight excluding hydrogens is 376 g/mol. The second-order valence-electron chi connectivity index (χ2n) is 8.46. The molecule has 1 heterocycles. The van der Waals surface area contributed by atoms with Gasteiger partial charge in [0, 0.05) is 36.3 Å². The maximum Gasteiger partial charge on any atom is 0.410 e. The largest absolute Gasteiger partial charge is 0.444 e. The van der Waals surface area contributed by atoms with Crippen LogP contribution in [0.3, 0.4) is 0 Å². The second-order valence-corrected chi connectivity index (χ2v) is 8.87. The molecular formula is C22H33ClN2O3. The summed E-state index contributed by atoms with van der Waals surface area (Å²) < 4.78 is 5.48. The molecule has 1 aromatic rings. The summed E-state index contributed by atoms with van der Waals surface area (Å²) in [6.07, 6.45) is 3.22. The van der Waals surface area contributed by atoms with Crippen molar-refractivity contribution in [2.45, 2.75) is 71.9 Å². The Morgan fingerprint density at radius 3 is 2.46 bits per heavy atom. The Morgan fingerprint density at radius 2 is 1.89 bits per heavy atom. The fraction of sp³-hybridized carbons (Fsp3) is 0.636. The standard InChI is InChI=1S/C22H33ClN2O3/c1-6-7-13-25(20(26)18-9-8-10-19(23)16(18)2)17-11-14-24(15-12-17)21(27)28-22(3,4)5/h8-10,17H,6-7,11-15H2,1-5H3. The highest BCUT2D eigenvalue weighted by Crippen LogP contribution is 2.25. The quantitative estimate of drug-likeness (QED) is 0.665. The number of carbonyl (C=O) groups is 2. The number of ether oxygens (including phenoxy) is 1. The Hall–Kier alpha value is -1.75. The molecule has 1 aliphatic rings. The molecule has 2 rings (SSSR count). The smallest absolute Gasteiger partial charge is 0.410 e. The number of hydrogen-bond donors (Lipinski definition) is 0. The van der Waals surface area contributed by atoms with Gasteiger partial charge in [-0.15, -0.1) is 0 Å². The average molecular weight is 409 g/mol. The molecule has 0 saturated carbocycles. The molecule has 1 aromatic carbocycles. The summed E-state index contributed by atoms with van der Waals surface area (Å²) in [7, 11) is 0. The maximum atomic E-state index is 13.3. The van der Waals surface area contributed by atoms with Gasteiger partial charge in [0.15, 0.2) is 0 Å². The Labute approximate surface area is 174 Å². The van der Waals surface area contributed by atoms with E-state index in [1.165, 1.54) is 0 Å². The molecule has 0 unspecified atom stereocenters. The number of unbranched alkanes of at least 4 members (excludes halogenated alkanes) is 1. The van der Waals surface area contributed by atoms with Crippen LogP contribution in [0.4, 0.5) is 4.79 Å². The molecule has 1 saturated heterocycles. The van der Waals surface area contributed by atoms with E-state index in [9.17, 15) is 9.59 Å². The van der Waals surface area contributed by atoms with Crippen LogP contribution in [0.1, 0.15) is 69.3 Å². The summed E-state index contributed by atoms with van der Waals surface area (Å²) in [6, 6.07) is 5.60. The first-order chi connectivity index (χ1) is 13.1. The van der Waals surface area contributed by atoms with Crippen molar-refractivity contribution in [2.24, 2.45) is 0 Å². The number of hydrogen-bond acceptors (Lipinski definition) is 3. The fourth-order valence-electron chi connectivity index (χ4n) is 3.46. The third-order valence-electron chi connectivity index (χ3n) is 5.07. The van der Waals surface area contributed by atoms with Gasteiger partial charge in [-0.2, -0.15) is 0 Å². The van der Waals surface area contributed by atoms with Crippen LogP contribution in [-0.4, -0.2) is 53.1 Å². The SMILES string of the molecule is CCCCN(C(=O)c1cccc(Cl)c1C)C1CCN(C(=O)OC(C)(C)C)CC1. The number of rotatable bonds is 5. The number of amides is 2. The van der Waals surface area contributed by atoms with E-state index in [1.807, 2.05) is 50.8 Å². The zero-order chi connectivity index (χ0) is 20.9. The van der Waals surface area contributed by atoms with E-state index in [0.29, 0.717) is 23.7 Å². The van der Waals surface area contributed by atoms with Gasteiger partial charge in [-0.1, -0.05) is 31.0 Å². The van der Waals surface area contributed by atoms with E-state index < -0.39 is 5.60 Å². The van der Waals surface area contributed by atoms with Gasteiger partial charge < -0.3 is 14.5 Å². The van der Waals surface area contributed by atoms with E-state index in [1.54, 1.807) is 4.90 Å². The highest BCUT2D eigenvalue weighted by Gasteiger charge is 2.32. The van der Waals surface area contributed by atoms with Gasteiger partial charge in [-0.05, 0) is 64.7 Å². The van der Waals surface area contributed by atoms with Gasteiger partial charge in [0.25, 0.3) is 5.91 Å². The minimum absolute atomic E-state index is 0.0316. The normalized spacial score (nSPS) is 15.4. The first kappa shape index (κ1) is 22.5. The highest BCUT2D eigenvalue weighted by atomic mass is 35.5. The van der Waals surface area contributed by atoms with Crippen molar-refractivity contribution in [1.82, 2.24) is 9.80 Å². The molecule has 0 atom stereocenters. The molecule has 156 valence electrons. The molecule has 0 aliphatic carbocycles. The summed E-state index contributed by atoms with van der Waals surface area (Å²) in [4.78, 5) is 29.3. The van der Waals surface area contributed by atoms with Gasteiger partial charge in [-0.25, -0.2) is 4.79 Å². The van der Waals surface area contributed by atoms with Crippen molar-refractivity contribution in [3.05, 3.63) is 34.3 Å². The molecule has 0 aromatic heterocycles. The van der Waals surface area contributed by atoms with Gasteiger partial charge in [0.2, 0.25) is 0 Å². The third-order valence-corrected chi connectivity index (χ3v) is 5.48. The van der Waals surface area contributed by atoms with Crippen molar-refractivity contribution >= 4 is 23.6 Å². The zero-order valence-corrected chi connectivity index (χ0v) is 18.5. The molecule has 28 heavy (non-hydrogen) atoms. The fourth-order valence-corrected chi connectivity index (χ4v) is 3.63. The highest BCUT2D eigenvalue weighted by molar-refractivity contribution is 6.31. The summed E-state index contributed by atoms with van der Waals surface area (Å²) in [6.45, 7) is 11.5. The summed E-state index contributed by atoms with van der Waals surface area (Å²) in [5, 5.41) is 0.612. The van der Waals surface area contributed by atoms with Crippen LogP contribution in [0.25, 0.3) is 0 Å². The Bertz CT molecular complexity index is 692. The molecule has 0 N–H and O–H groups in total. The number of piperidine rings is 1. The first-order valence-electron chi connectivity index (χ1n) is 10.2. The monoisotopic (exact) mass is 408 g/mol. The predicted molar refractivity (Wildman–Crippen MR) is 113 cm³/mol. The van der Waals surface area contributed by atoms with Crippen LogP contribution in [0, 0.1) is 6.92 Å². The van der Waals surface area contributed by atoms with E-state index >= 15 is 0 Å². The van der Waals surface area contributed by atoms with Crippen LogP contribution in [0.2, 0.25) is 5.02 Å². The van der Waals surface area contributed by atoms with Crippen LogP contribution >= 0.6 is 11.6 Å². The number of benzene rings is 1. The molecule has 1 fully saturated rings. The Balaban J connectivity index is 2.09. The van der Waals surface area contributed by atoms with Crippen LogP contribution in [-0.2, 0) is 4.74 Å². The molecule has 0 spiro atoms. The zero-order valence-electron chi connectivity index (χ0n) is 17.8. The lowest BCUT2D eigenvalue weighted by Gasteiger charge is -2.39. The van der Waals surface area contributed by atoms with Gasteiger partial charge in [0.05, 0.1) is 0 Å². The van der Waals surface area contributed by atoms with Crippen LogP contribution < -0.4 is 0 Å². The van der Waals surface area contributed by atoms with E-state index in [-0.39, 0.29) is 18.0 Å². The third kappa shape index (κ3) is 5.87. The lowest BCUT2D eigenvalue weighted by atomic mass is 10.00. The van der Waals surface area contributed by atoms with Crippen molar-refractivity contribution in [1.29, 1.82) is 0 Å². The molecule has 5 nitrogen and oxygen atoms in total. The van der Waals surface area contributed by atoms with Crippen molar-refractivity contribution in [2.75, 3.05) is 19.6 Å². The minimum Gasteiger partial charge on any atom is -0.444 e. The average Bonchev–Trinajstić information content (AvgIpc) is 2.63. The number of carbonyl (C=O) groups excluding carboxylic acids is 2. The van der Waals surface area contributed by atoms with Crippen LogP contribution in [0.15, 0.2) is 18.2 Å². The van der Waals surface area contributed by atoms with E-state index in [4.69, 9.17) is 16.3 Å². The molecule has 0 radical (unpaired) electrons. The number of halogens is 1. The van der Waals surface area contributed by atoms with E-state index in [2.05, 4.69) is 6.92 Å². The Morgan fingerprint density at radius 1 is 1.25 bits per heavy atom. The maximum absolute atomic E-state index is 13.3. The van der Waals surface area contributed by atoms with Crippen molar-refractivity contribution < 1.29 is 14.3 Å². The van der Waals surface area contributed by atoms with Gasteiger partial charge in [0.1, 0.15) is 5.60 Å². The lowest BCUT2D eigenvalue weighted by Crippen LogP contribution is -2.50. The summed E-state index contributed by atoms with van der Waals surface area (Å²) in [5.74, 6) is 0.0316. The number of likely N-dealkylation sites (tertiary alicyclic amines) is 1. The molecule has 2 amide bonds. The minimum atomic E-state index is -0.499. The molecule has 1 aliphatic heterocycles. The van der Waals surface area contributed by atoms with Crippen LogP contribution in [0.5, 0.6) is 0 Å². The number of nitrogens with zero attached hydrogens (tertiary/aromatic N) is 2. The van der Waals surface area contributed by atoms with Crippen molar-refractivity contribution in [3.8, 4) is 0 Å². The first-order valence-corrected chi connectivity index (χ1v) is 10.6. The van der Waals surface area contributed by atoms with E-state index in [0.717, 1.165) is 37.8 Å². The van der Waals surface area contributed by atoms with Gasteiger partial charge >= 0.3 is 6.09 Å². The summed E-state index contributed by atoms with van der Waals surface area (Å²) >= 11 is 6.23. The lowest BCUT2D eigenvalue weighted by molar-refractivity contribution is 0.0146. The van der Waals surface area contributed by atoms with Crippen molar-refractivity contribution in [3.63, 3.8) is 0 Å². The summed E-state index contributed by atoms with van der Waals surface area (Å²) in [5.41, 5.74) is 0.987. The topological polar surface area (TPSA) is 49.9 Å². The molecule has 6 heteroatoms. The molecule has 0 bridgehead atoms.